The van der Waals surface area contributed by atoms with Gasteiger partial charge in [0.1, 0.15) is 6.10 Å². The van der Waals surface area contributed by atoms with Gasteiger partial charge in [-0.3, -0.25) is 14.3 Å². The molecule has 8 nitrogen and oxygen atoms in total. The van der Waals surface area contributed by atoms with Crippen LogP contribution in [0.1, 0.15) is 55.6 Å². The van der Waals surface area contributed by atoms with E-state index < -0.39 is 21.7 Å². The topological polar surface area (TPSA) is 93.9 Å². The summed E-state index contributed by atoms with van der Waals surface area (Å²) in [6.07, 6.45) is 4.37. The highest BCUT2D eigenvalue weighted by molar-refractivity contribution is 7.93. The molecule has 0 spiro atoms. The number of hydrogen-bond acceptors (Lipinski definition) is 5. The smallest absolute Gasteiger partial charge is 0.288 e. The van der Waals surface area contributed by atoms with Crippen molar-refractivity contribution in [1.82, 2.24) is 14.7 Å². The molecule has 1 aromatic rings. The summed E-state index contributed by atoms with van der Waals surface area (Å²) in [4.78, 5) is 26.8. The Balaban J connectivity index is 2.13. The van der Waals surface area contributed by atoms with Crippen molar-refractivity contribution in [1.29, 1.82) is 0 Å². The Morgan fingerprint density at radius 1 is 1.32 bits per heavy atom. The molecule has 2 heterocycles. The highest BCUT2D eigenvalue weighted by Crippen LogP contribution is 2.15. The summed E-state index contributed by atoms with van der Waals surface area (Å²) < 4.78 is 24.3. The second-order valence-corrected chi connectivity index (χ2v) is 9.68. The lowest BCUT2D eigenvalue weighted by molar-refractivity contribution is -0.141. The molecule has 1 aliphatic heterocycles. The van der Waals surface area contributed by atoms with Crippen LogP contribution in [0.4, 0.5) is 0 Å². The van der Waals surface area contributed by atoms with E-state index in [0.29, 0.717) is 42.9 Å². The minimum atomic E-state index is -2.70. The van der Waals surface area contributed by atoms with Gasteiger partial charge in [0.05, 0.1) is 21.0 Å². The van der Waals surface area contributed by atoms with Gasteiger partial charge in [0.2, 0.25) is 0 Å². The average Bonchev–Trinajstić information content (AvgIpc) is 2.93. The first kappa shape index (κ1) is 22.5. The SMILES string of the molecule is CCCCn1cc(C(=O)N=S2(=O)CCCN(C(=O)C(CC)OC)CC2)c(C)n1. The number of aromatic nitrogens is 2. The maximum absolute atomic E-state index is 13.2. The van der Waals surface area contributed by atoms with Crippen molar-refractivity contribution in [2.75, 3.05) is 31.7 Å². The van der Waals surface area contributed by atoms with E-state index in [4.69, 9.17) is 4.74 Å². The number of nitrogens with zero attached hydrogens (tertiary/aromatic N) is 4. The zero-order valence-corrected chi connectivity index (χ0v) is 18.2. The van der Waals surface area contributed by atoms with E-state index in [0.717, 1.165) is 19.4 Å². The predicted molar refractivity (Wildman–Crippen MR) is 109 cm³/mol. The molecule has 0 radical (unpaired) electrons. The number of amides is 2. The molecule has 0 aromatic carbocycles. The second-order valence-electron chi connectivity index (χ2n) is 7.13. The fourth-order valence-electron chi connectivity index (χ4n) is 3.27. The number of carbonyl (C=O) groups is 2. The molecule has 0 saturated carbocycles. The lowest BCUT2D eigenvalue weighted by Crippen LogP contribution is -2.41. The highest BCUT2D eigenvalue weighted by Gasteiger charge is 2.27. The van der Waals surface area contributed by atoms with Crippen LogP contribution in [-0.2, 0) is 25.8 Å². The summed E-state index contributed by atoms with van der Waals surface area (Å²) in [6.45, 7) is 7.33. The molecule has 2 amide bonds. The predicted octanol–water partition coefficient (Wildman–Crippen LogP) is 2.26. The molecule has 1 aromatic heterocycles. The minimum Gasteiger partial charge on any atom is -0.372 e. The Bertz CT molecular complexity index is 807. The van der Waals surface area contributed by atoms with Gasteiger partial charge in [-0.15, -0.1) is 0 Å². The maximum atomic E-state index is 13.2. The van der Waals surface area contributed by atoms with Gasteiger partial charge < -0.3 is 9.64 Å². The lowest BCUT2D eigenvalue weighted by atomic mass is 10.2. The van der Waals surface area contributed by atoms with Crippen LogP contribution in [0.2, 0.25) is 0 Å². The summed E-state index contributed by atoms with van der Waals surface area (Å²) in [5.41, 5.74) is 1.01. The molecular weight excluding hydrogens is 380 g/mol. The van der Waals surface area contributed by atoms with E-state index in [2.05, 4.69) is 16.4 Å². The molecule has 28 heavy (non-hydrogen) atoms. The van der Waals surface area contributed by atoms with Crippen molar-refractivity contribution < 1.29 is 18.5 Å². The molecule has 1 saturated heterocycles. The van der Waals surface area contributed by atoms with Crippen LogP contribution >= 0.6 is 0 Å². The number of unbranched alkanes of at least 4 members (excludes halogenated alkanes) is 1. The molecule has 1 fully saturated rings. The quantitative estimate of drug-likeness (QED) is 0.685. The average molecular weight is 413 g/mol. The Morgan fingerprint density at radius 3 is 2.71 bits per heavy atom. The van der Waals surface area contributed by atoms with Crippen LogP contribution in [0.25, 0.3) is 0 Å². The van der Waals surface area contributed by atoms with E-state index in [9.17, 15) is 13.8 Å². The number of aryl methyl sites for hydroxylation is 2. The molecule has 0 N–H and O–H groups in total. The molecular formula is C19H32N4O4S. The summed E-state index contributed by atoms with van der Waals surface area (Å²) in [5.74, 6) is -0.0513. The molecule has 0 aliphatic carbocycles. The monoisotopic (exact) mass is 412 g/mol. The lowest BCUT2D eigenvalue weighted by Gasteiger charge is -2.24. The van der Waals surface area contributed by atoms with Crippen LogP contribution in [0.3, 0.4) is 0 Å². The molecule has 158 valence electrons. The van der Waals surface area contributed by atoms with E-state index in [-0.39, 0.29) is 11.7 Å². The van der Waals surface area contributed by atoms with E-state index in [1.165, 1.54) is 7.11 Å². The summed E-state index contributed by atoms with van der Waals surface area (Å²) in [7, 11) is -1.18. The zero-order valence-electron chi connectivity index (χ0n) is 17.3. The first-order valence-electron chi connectivity index (χ1n) is 9.96. The van der Waals surface area contributed by atoms with E-state index >= 15 is 0 Å². The summed E-state index contributed by atoms with van der Waals surface area (Å²) in [5, 5.41) is 4.35. The number of carbonyl (C=O) groups excluding carboxylic acids is 2. The van der Waals surface area contributed by atoms with Gasteiger partial charge in [0.25, 0.3) is 11.8 Å². The van der Waals surface area contributed by atoms with Crippen molar-refractivity contribution in [2.45, 2.75) is 59.1 Å². The van der Waals surface area contributed by atoms with Crippen molar-refractivity contribution in [2.24, 2.45) is 4.36 Å². The van der Waals surface area contributed by atoms with Gasteiger partial charge >= 0.3 is 0 Å². The Hall–Kier alpha value is -1.74. The van der Waals surface area contributed by atoms with Crippen molar-refractivity contribution in [3.05, 3.63) is 17.5 Å². The third-order valence-corrected chi connectivity index (χ3v) is 7.23. The molecule has 2 rings (SSSR count). The van der Waals surface area contributed by atoms with E-state index in [1.807, 2.05) is 6.92 Å². The van der Waals surface area contributed by atoms with Crippen LogP contribution in [-0.4, -0.2) is 68.5 Å². The highest BCUT2D eigenvalue weighted by atomic mass is 32.2. The minimum absolute atomic E-state index is 0.0898. The third kappa shape index (κ3) is 5.64. The van der Waals surface area contributed by atoms with Crippen LogP contribution in [0.15, 0.2) is 10.6 Å². The first-order chi connectivity index (χ1) is 13.3. The van der Waals surface area contributed by atoms with Gasteiger partial charge in [-0.1, -0.05) is 20.3 Å². The third-order valence-electron chi connectivity index (χ3n) is 4.98. The molecule has 2 unspecified atom stereocenters. The van der Waals surface area contributed by atoms with Gasteiger partial charge in [0.15, 0.2) is 0 Å². The number of methoxy groups -OCH3 is 1. The maximum Gasteiger partial charge on any atom is 0.288 e. The van der Waals surface area contributed by atoms with Gasteiger partial charge in [-0.25, -0.2) is 4.21 Å². The molecule has 1 aliphatic rings. The van der Waals surface area contributed by atoms with Gasteiger partial charge in [0, 0.05) is 44.4 Å². The van der Waals surface area contributed by atoms with Crippen molar-refractivity contribution in [3.8, 4) is 0 Å². The largest absolute Gasteiger partial charge is 0.372 e. The van der Waals surface area contributed by atoms with Crippen LogP contribution in [0, 0.1) is 6.92 Å². The van der Waals surface area contributed by atoms with Crippen LogP contribution < -0.4 is 0 Å². The standard InChI is InChI=1S/C19H32N4O4S/c1-5-7-10-23-14-16(15(3)20-23)18(24)21-28(26)12-8-9-22(11-13-28)19(25)17(6-2)27-4/h14,17H,5-13H2,1-4H3. The fraction of sp³-hybridized carbons (Fsp3) is 0.737. The summed E-state index contributed by atoms with van der Waals surface area (Å²) >= 11 is 0. The molecule has 2 atom stereocenters. The van der Waals surface area contributed by atoms with E-state index in [1.54, 1.807) is 22.7 Å². The zero-order chi connectivity index (χ0) is 20.7. The Kier molecular flexibility index (Phi) is 8.18. The Morgan fingerprint density at radius 2 is 2.07 bits per heavy atom. The normalized spacial score (nSPS) is 21.2. The Labute approximate surface area is 167 Å². The fourth-order valence-corrected chi connectivity index (χ4v) is 5.14. The van der Waals surface area contributed by atoms with Crippen molar-refractivity contribution >= 4 is 21.5 Å². The van der Waals surface area contributed by atoms with Crippen molar-refractivity contribution in [3.63, 3.8) is 0 Å². The summed E-state index contributed by atoms with van der Waals surface area (Å²) in [6, 6.07) is 0. The molecule has 0 bridgehead atoms. The van der Waals surface area contributed by atoms with Crippen LogP contribution in [0.5, 0.6) is 0 Å². The second kappa shape index (κ2) is 10.2. The van der Waals surface area contributed by atoms with Gasteiger partial charge in [-0.05, 0) is 26.2 Å². The number of rotatable bonds is 7. The number of hydrogen-bond donors (Lipinski definition) is 0. The molecule has 9 heteroatoms. The first-order valence-corrected chi connectivity index (χ1v) is 11.8. The van der Waals surface area contributed by atoms with Gasteiger partial charge in [-0.2, -0.15) is 9.46 Å². The number of ether oxygens (including phenoxy) is 1.